The summed E-state index contributed by atoms with van der Waals surface area (Å²) in [6.45, 7) is 4.57. The average Bonchev–Trinajstić information content (AvgIpc) is 1.46. The van der Waals surface area contributed by atoms with Gasteiger partial charge in [-0.1, -0.05) is 0 Å². The van der Waals surface area contributed by atoms with E-state index in [1.165, 1.54) is 13.2 Å². The Labute approximate surface area is 125 Å². The van der Waals surface area contributed by atoms with Crippen molar-refractivity contribution in [1.29, 1.82) is 0 Å². The molecule has 0 N–H and O–H groups in total. The predicted molar refractivity (Wildman–Crippen MR) is 18.1 cm³/mol. The van der Waals surface area contributed by atoms with Gasteiger partial charge in [0.1, 0.15) is 0 Å². The van der Waals surface area contributed by atoms with E-state index in [9.17, 15) is 0 Å². The number of hydrogen-bond donors (Lipinski definition) is 0. The summed E-state index contributed by atoms with van der Waals surface area (Å²) >= 11 is 0. The van der Waals surface area contributed by atoms with E-state index in [4.69, 9.17) is 9.59 Å². The molecular formula is C3H4O2Y3-2. The van der Waals surface area contributed by atoms with Crippen LogP contribution in [0.1, 0.15) is 6.92 Å². The van der Waals surface area contributed by atoms with Crippen LogP contribution in [0.2, 0.25) is 0 Å². The first kappa shape index (κ1) is 31.1. The largest absolute Gasteiger partial charge is 0.545 e. The quantitative estimate of drug-likeness (QED) is 0.454. The molecule has 0 heterocycles. The van der Waals surface area contributed by atoms with Crippen molar-refractivity contribution in [1.82, 2.24) is 0 Å². The molecule has 5 heteroatoms. The van der Waals surface area contributed by atoms with Gasteiger partial charge in [0.2, 0.25) is 0 Å². The molecule has 2 nitrogen and oxygen atoms in total. The van der Waals surface area contributed by atoms with Gasteiger partial charge in [-0.3, -0.25) is 13.1 Å². The molecule has 0 spiro atoms. The molecule has 0 saturated heterocycles. The van der Waals surface area contributed by atoms with Gasteiger partial charge in [0, 0.05) is 98.1 Å². The first-order valence-electron chi connectivity index (χ1n) is 0.940. The van der Waals surface area contributed by atoms with E-state index in [0.29, 0.717) is 0 Å². The number of rotatable bonds is 0. The van der Waals surface area contributed by atoms with E-state index in [1.54, 1.807) is 0 Å². The molecule has 0 aromatic carbocycles. The standard InChI is InChI=1S/C2H3O.CHO.3Y/c1-2-3;1-2;;;/h1H3;1H;;;/q2*-1;;;. The summed E-state index contributed by atoms with van der Waals surface area (Å²) in [5, 5.41) is 0. The van der Waals surface area contributed by atoms with Gasteiger partial charge in [-0.25, -0.2) is 0 Å². The van der Waals surface area contributed by atoms with Gasteiger partial charge in [0.15, 0.2) is 0 Å². The monoisotopic (exact) mass is 339 g/mol. The zero-order valence-electron chi connectivity index (χ0n) is 4.63. The predicted octanol–water partition coefficient (Wildman–Crippen LogP) is -0.166. The van der Waals surface area contributed by atoms with Crippen LogP contribution in [0.4, 0.5) is 0 Å². The van der Waals surface area contributed by atoms with Crippen molar-refractivity contribution < 1.29 is 108 Å². The molecule has 0 aliphatic carbocycles. The fraction of sp³-hybridized carbons (Fsp3) is 0.333. The third-order valence-electron chi connectivity index (χ3n) is 0. The Morgan fingerprint density at radius 2 is 1.12 bits per heavy atom. The maximum Gasteiger partial charge on any atom is 0 e. The Balaban J connectivity index is -0.00000000567. The van der Waals surface area contributed by atoms with Crippen molar-refractivity contribution in [3.05, 3.63) is 0 Å². The minimum Gasteiger partial charge on any atom is -0.545 e. The van der Waals surface area contributed by atoms with Crippen LogP contribution in [-0.4, -0.2) is 13.1 Å². The van der Waals surface area contributed by atoms with Crippen LogP contribution < -0.4 is 0 Å². The molecule has 0 aromatic rings. The second-order valence-electron chi connectivity index (χ2n) is 0.204. The number of hydrogen-bond acceptors (Lipinski definition) is 2. The van der Waals surface area contributed by atoms with E-state index in [1.807, 2.05) is 0 Å². The van der Waals surface area contributed by atoms with Gasteiger partial charge in [0.05, 0.1) is 0 Å². The summed E-state index contributed by atoms with van der Waals surface area (Å²) in [7, 11) is 0. The van der Waals surface area contributed by atoms with Crippen LogP contribution in [0.15, 0.2) is 0 Å². The fourth-order valence-electron chi connectivity index (χ4n) is 0. The molecule has 0 rings (SSSR count). The summed E-state index contributed by atoms with van der Waals surface area (Å²) in [5.74, 6) is 0. The van der Waals surface area contributed by atoms with E-state index in [0.717, 1.165) is 0 Å². The van der Waals surface area contributed by atoms with Crippen LogP contribution in [0, 0.1) is 0 Å². The molecule has 0 unspecified atom stereocenters. The molecule has 0 saturated carbocycles. The smallest absolute Gasteiger partial charge is 0 e. The van der Waals surface area contributed by atoms with Crippen molar-refractivity contribution in [2.45, 2.75) is 6.92 Å². The molecule has 0 atom stereocenters. The summed E-state index contributed by atoms with van der Waals surface area (Å²) in [6, 6.07) is 0. The minimum atomic E-state index is 0. The molecule has 0 aromatic heterocycles. The van der Waals surface area contributed by atoms with E-state index in [2.05, 4.69) is 6.79 Å². The van der Waals surface area contributed by atoms with Gasteiger partial charge in [-0.05, 0) is 0 Å². The normalized spacial score (nSPS) is 2.12. The molecule has 0 aliphatic heterocycles. The Kier molecular flexibility index (Phi) is 210. The molecule has 0 aliphatic rings. The Bertz CT molecular complexity index is 26.5. The van der Waals surface area contributed by atoms with Gasteiger partial charge >= 0.3 is 0 Å². The van der Waals surface area contributed by atoms with E-state index >= 15 is 0 Å². The summed E-state index contributed by atoms with van der Waals surface area (Å²) in [6.07, 6.45) is 1.50. The molecule has 8 heavy (non-hydrogen) atoms. The minimum absolute atomic E-state index is 0. The number of carbonyl (C=O) groups excluding carboxylic acids is 2. The first-order valence-corrected chi connectivity index (χ1v) is 0.940. The molecule has 0 amide bonds. The third kappa shape index (κ3) is 72.0. The van der Waals surface area contributed by atoms with Crippen molar-refractivity contribution in [3.8, 4) is 0 Å². The Morgan fingerprint density at radius 3 is 1.12 bits per heavy atom. The second-order valence-corrected chi connectivity index (χ2v) is 0.204. The van der Waals surface area contributed by atoms with Crippen molar-refractivity contribution in [2.24, 2.45) is 0 Å². The topological polar surface area (TPSA) is 34.1 Å². The molecular weight excluding hydrogens is 335 g/mol. The van der Waals surface area contributed by atoms with E-state index < -0.39 is 0 Å². The molecule has 3 radical (unpaired) electrons. The van der Waals surface area contributed by atoms with Crippen LogP contribution >= 0.6 is 0 Å². The maximum absolute atomic E-state index is 8.68. The zero-order valence-corrected chi connectivity index (χ0v) is 13.1. The van der Waals surface area contributed by atoms with Crippen molar-refractivity contribution in [2.75, 3.05) is 0 Å². The van der Waals surface area contributed by atoms with E-state index in [-0.39, 0.29) is 98.1 Å². The van der Waals surface area contributed by atoms with Gasteiger partial charge < -0.3 is 9.59 Å². The molecule has 39 valence electrons. The van der Waals surface area contributed by atoms with Crippen molar-refractivity contribution in [3.63, 3.8) is 0 Å². The van der Waals surface area contributed by atoms with Crippen LogP contribution in [0.5, 0.6) is 0 Å². The van der Waals surface area contributed by atoms with Gasteiger partial charge in [0.25, 0.3) is 0 Å². The summed E-state index contributed by atoms with van der Waals surface area (Å²) < 4.78 is 0. The Morgan fingerprint density at radius 1 is 1.12 bits per heavy atom. The Hall–Kier alpha value is 2.65. The SMILES string of the molecule is C[C-]=O.[CH-]=O.[Y].[Y].[Y]. The van der Waals surface area contributed by atoms with Gasteiger partial charge in [-0.2, -0.15) is 6.92 Å². The average molecular weight is 339 g/mol. The van der Waals surface area contributed by atoms with Gasteiger partial charge in [-0.15, -0.1) is 0 Å². The first-order chi connectivity index (χ1) is 2.41. The van der Waals surface area contributed by atoms with Crippen LogP contribution in [-0.2, 0) is 108 Å². The zero-order chi connectivity index (χ0) is 4.71. The summed E-state index contributed by atoms with van der Waals surface area (Å²) in [4.78, 5) is 16.4. The van der Waals surface area contributed by atoms with Crippen LogP contribution in [0.25, 0.3) is 0 Å². The fourth-order valence-corrected chi connectivity index (χ4v) is 0. The second kappa shape index (κ2) is 54.2. The molecule has 0 bridgehead atoms. The van der Waals surface area contributed by atoms with Crippen molar-refractivity contribution >= 4 is 13.1 Å². The molecule has 0 fully saturated rings. The summed E-state index contributed by atoms with van der Waals surface area (Å²) in [5.41, 5.74) is 0. The van der Waals surface area contributed by atoms with Crippen LogP contribution in [0.3, 0.4) is 0 Å². The maximum atomic E-state index is 8.68. The third-order valence-corrected chi connectivity index (χ3v) is 0.